The maximum Gasteiger partial charge on any atom is 0.410 e. The molecule has 250 valence electrons. The van der Waals surface area contributed by atoms with Crippen LogP contribution >= 0.6 is 0 Å². The smallest absolute Gasteiger partial charge is 0.410 e. The van der Waals surface area contributed by atoms with E-state index >= 15 is 0 Å². The van der Waals surface area contributed by atoms with Gasteiger partial charge in [-0.05, 0) is 58.7 Å². The highest BCUT2D eigenvalue weighted by atomic mass is 28.3. The zero-order chi connectivity index (χ0) is 33.1. The average Bonchev–Trinajstić information content (AvgIpc) is 3.36. The van der Waals surface area contributed by atoms with Crippen LogP contribution in [0.25, 0.3) is 16.6 Å². The van der Waals surface area contributed by atoms with Crippen molar-refractivity contribution >= 4 is 42.5 Å². The predicted octanol–water partition coefficient (Wildman–Crippen LogP) is 5.79. The van der Waals surface area contributed by atoms with Gasteiger partial charge in [0.2, 0.25) is 5.95 Å². The van der Waals surface area contributed by atoms with Crippen LogP contribution in [0, 0.1) is 0 Å². The molecule has 5 heterocycles. The number of carbonyl (C=O) groups excluding carboxylic acids is 1. The van der Waals surface area contributed by atoms with Crippen molar-refractivity contribution in [3.8, 4) is 0 Å². The zero-order valence-corrected chi connectivity index (χ0v) is 29.7. The zero-order valence-electron chi connectivity index (χ0n) is 28.7. The first-order chi connectivity index (χ1) is 21.7. The van der Waals surface area contributed by atoms with E-state index in [1.165, 1.54) is 5.57 Å². The van der Waals surface area contributed by atoms with Crippen molar-refractivity contribution in [2.75, 3.05) is 49.7 Å². The lowest BCUT2D eigenvalue weighted by Crippen LogP contribution is -2.62. The summed E-state index contributed by atoms with van der Waals surface area (Å²) in [7, 11) is -1.19. The molecule has 2 aliphatic heterocycles. The first-order valence-electron chi connectivity index (χ1n) is 16.2. The van der Waals surface area contributed by atoms with Gasteiger partial charge in [-0.25, -0.2) is 24.7 Å². The highest BCUT2D eigenvalue weighted by Crippen LogP contribution is 2.34. The minimum atomic E-state index is -1.19. The third-order valence-electron chi connectivity index (χ3n) is 8.13. The van der Waals surface area contributed by atoms with Crippen molar-refractivity contribution in [2.45, 2.75) is 91.1 Å². The molecule has 1 saturated heterocycles. The number of fused-ring (bicyclic) bond motifs is 1. The Bertz CT molecular complexity index is 1560. The molecular formula is C33H50N8O4Si. The fourth-order valence-corrected chi connectivity index (χ4v) is 6.46. The first-order valence-corrected chi connectivity index (χ1v) is 19.9. The third kappa shape index (κ3) is 8.42. The summed E-state index contributed by atoms with van der Waals surface area (Å²) in [5, 5.41) is 4.51. The number of anilines is 2. The molecule has 0 aromatic carbocycles. The Morgan fingerprint density at radius 2 is 1.96 bits per heavy atom. The van der Waals surface area contributed by atoms with E-state index in [9.17, 15) is 4.79 Å². The van der Waals surface area contributed by atoms with Crippen molar-refractivity contribution in [3.63, 3.8) is 0 Å². The van der Waals surface area contributed by atoms with E-state index in [1.807, 2.05) is 40.7 Å². The second-order valence-electron chi connectivity index (χ2n) is 14.9. The lowest BCUT2D eigenvalue weighted by atomic mass is 9.99. The van der Waals surface area contributed by atoms with Crippen LogP contribution in [-0.4, -0.2) is 94.2 Å². The summed E-state index contributed by atoms with van der Waals surface area (Å²) in [4.78, 5) is 35.6. The molecule has 0 atom stereocenters. The van der Waals surface area contributed by atoms with E-state index in [0.717, 1.165) is 47.2 Å². The van der Waals surface area contributed by atoms with Crippen molar-refractivity contribution in [3.05, 3.63) is 42.1 Å². The molecule has 3 aromatic rings. The summed E-state index contributed by atoms with van der Waals surface area (Å²) in [5.74, 6) is 1.39. The van der Waals surface area contributed by atoms with Gasteiger partial charge in [-0.3, -0.25) is 4.90 Å². The number of aromatic nitrogens is 5. The molecule has 0 spiro atoms. The number of piperazine rings is 1. The first kappa shape index (κ1) is 33.8. The Labute approximate surface area is 273 Å². The summed E-state index contributed by atoms with van der Waals surface area (Å²) in [6, 6.07) is 3.03. The molecule has 2 aliphatic rings. The van der Waals surface area contributed by atoms with Crippen molar-refractivity contribution in [1.82, 2.24) is 29.4 Å². The lowest BCUT2D eigenvalue weighted by molar-refractivity contribution is 0.000230. The Kier molecular flexibility index (Phi) is 10.0. The van der Waals surface area contributed by atoms with Gasteiger partial charge in [-0.15, -0.1) is 0 Å². The van der Waals surface area contributed by atoms with Gasteiger partial charge in [0.1, 0.15) is 30.1 Å². The van der Waals surface area contributed by atoms with Gasteiger partial charge < -0.3 is 29.0 Å². The predicted molar refractivity (Wildman–Crippen MR) is 184 cm³/mol. The third-order valence-corrected chi connectivity index (χ3v) is 9.83. The molecule has 46 heavy (non-hydrogen) atoms. The molecule has 0 unspecified atom stereocenters. The number of nitrogens with zero attached hydrogens (tertiary/aromatic N) is 7. The van der Waals surface area contributed by atoms with E-state index in [4.69, 9.17) is 19.2 Å². The highest BCUT2D eigenvalue weighted by molar-refractivity contribution is 6.76. The standard InChI is InChI=1S/C33H50N8O4Si/c1-32(2,3)45-31(42)41-14-13-39(21-33(41,4)5)30-34-12-9-25(38-30)19-35-28-27-26(24-10-15-43-16-11-24)20-40(29(27)37-22-36-28)23-44-17-18-46(6,7)8/h9-10,12,20,22H,11,13-19,21,23H2,1-8H3,(H,35,36,37). The lowest BCUT2D eigenvalue weighted by Gasteiger charge is -2.46. The molecule has 0 bridgehead atoms. The fraction of sp³-hybridized carbons (Fsp3) is 0.606. The summed E-state index contributed by atoms with van der Waals surface area (Å²) < 4.78 is 19.5. The second kappa shape index (κ2) is 13.7. The molecule has 13 heteroatoms. The van der Waals surface area contributed by atoms with E-state index in [1.54, 1.807) is 17.4 Å². The van der Waals surface area contributed by atoms with Gasteiger partial charge >= 0.3 is 6.09 Å². The highest BCUT2D eigenvalue weighted by Gasteiger charge is 2.39. The molecule has 0 saturated carbocycles. The Hall–Kier alpha value is -3.55. The number of hydrogen-bond acceptors (Lipinski definition) is 10. The fourth-order valence-electron chi connectivity index (χ4n) is 5.70. The van der Waals surface area contributed by atoms with Crippen LogP contribution in [0.2, 0.25) is 25.7 Å². The van der Waals surface area contributed by atoms with Crippen molar-refractivity contribution in [2.24, 2.45) is 0 Å². The number of nitrogens with one attached hydrogen (secondary N) is 1. The van der Waals surface area contributed by atoms with Crippen LogP contribution in [0.4, 0.5) is 16.6 Å². The summed E-state index contributed by atoms with van der Waals surface area (Å²) in [6.45, 7) is 21.5. The molecule has 0 aliphatic carbocycles. The second-order valence-corrected chi connectivity index (χ2v) is 20.5. The van der Waals surface area contributed by atoms with Crippen LogP contribution in [0.3, 0.4) is 0 Å². The van der Waals surface area contributed by atoms with Gasteiger partial charge in [0.05, 0.1) is 36.4 Å². The van der Waals surface area contributed by atoms with Gasteiger partial charge in [-0.2, -0.15) is 0 Å². The quantitative estimate of drug-likeness (QED) is 0.213. The topological polar surface area (TPSA) is 120 Å². The summed E-state index contributed by atoms with van der Waals surface area (Å²) >= 11 is 0. The monoisotopic (exact) mass is 650 g/mol. The van der Waals surface area contributed by atoms with E-state index in [-0.39, 0.29) is 6.09 Å². The average molecular weight is 651 g/mol. The molecule has 12 nitrogen and oxygen atoms in total. The number of rotatable bonds is 10. The van der Waals surface area contributed by atoms with Crippen molar-refractivity contribution in [1.29, 1.82) is 0 Å². The Morgan fingerprint density at radius 3 is 2.65 bits per heavy atom. The van der Waals surface area contributed by atoms with E-state index in [0.29, 0.717) is 52.1 Å². The Morgan fingerprint density at radius 1 is 1.15 bits per heavy atom. The summed E-state index contributed by atoms with van der Waals surface area (Å²) in [6.07, 6.45) is 8.20. The van der Waals surface area contributed by atoms with Gasteiger partial charge in [-0.1, -0.05) is 25.7 Å². The van der Waals surface area contributed by atoms with Crippen LogP contribution in [0.15, 0.2) is 30.9 Å². The Balaban J connectivity index is 1.32. The van der Waals surface area contributed by atoms with Crippen LogP contribution in [0.1, 0.15) is 52.3 Å². The van der Waals surface area contributed by atoms with E-state index < -0.39 is 19.2 Å². The minimum Gasteiger partial charge on any atom is -0.444 e. The van der Waals surface area contributed by atoms with Crippen LogP contribution in [-0.2, 0) is 27.5 Å². The number of amides is 1. The van der Waals surface area contributed by atoms with Gasteiger partial charge in [0.25, 0.3) is 0 Å². The number of carbonyl (C=O) groups is 1. The normalized spacial score (nSPS) is 17.3. The SMILES string of the molecule is CC(C)(C)OC(=O)N1CCN(c2nccc(CNc3ncnc4c3c(C3=CCOCC3)cn4COCC[Si](C)(C)C)n2)CC1(C)C. The van der Waals surface area contributed by atoms with Gasteiger partial charge in [0.15, 0.2) is 0 Å². The molecule has 0 radical (unpaired) electrons. The number of hydrogen-bond donors (Lipinski definition) is 1. The van der Waals surface area contributed by atoms with Crippen LogP contribution < -0.4 is 10.2 Å². The molecular weight excluding hydrogens is 601 g/mol. The molecule has 1 N–H and O–H groups in total. The van der Waals surface area contributed by atoms with Gasteiger partial charge in [0, 0.05) is 52.3 Å². The molecule has 5 rings (SSSR count). The van der Waals surface area contributed by atoms with E-state index in [2.05, 4.69) is 61.6 Å². The molecule has 1 amide bonds. The van der Waals surface area contributed by atoms with Crippen molar-refractivity contribution < 1.29 is 19.0 Å². The minimum absolute atomic E-state index is 0.296. The summed E-state index contributed by atoms with van der Waals surface area (Å²) in [5.41, 5.74) is 3.00. The maximum atomic E-state index is 12.9. The molecule has 1 fully saturated rings. The number of ether oxygens (including phenoxy) is 3. The molecule has 3 aromatic heterocycles. The van der Waals surface area contributed by atoms with Crippen LogP contribution in [0.5, 0.6) is 0 Å². The largest absolute Gasteiger partial charge is 0.444 e. The maximum absolute atomic E-state index is 12.9.